The molecule has 2 aromatic rings. The number of nitrogens with zero attached hydrogens (tertiary/aromatic N) is 4. The van der Waals surface area contributed by atoms with Crippen LogP contribution in [0.3, 0.4) is 0 Å². The minimum atomic E-state index is -4.12. The van der Waals surface area contributed by atoms with E-state index in [4.69, 9.17) is 14.2 Å². The molecule has 1 aromatic heterocycles. The first-order valence-corrected chi connectivity index (χ1v) is 12.1. The summed E-state index contributed by atoms with van der Waals surface area (Å²) in [5.74, 6) is -3.68. The minimum absolute atomic E-state index is 0.00961. The molecule has 0 aliphatic heterocycles. The Bertz CT molecular complexity index is 1340. The Morgan fingerprint density at radius 3 is 2.36 bits per heavy atom. The molecule has 36 heavy (non-hydrogen) atoms. The Kier molecular flexibility index (Phi) is 8.49. The smallest absolute Gasteiger partial charge is 0.392 e. The first-order valence-electron chi connectivity index (χ1n) is 10.2. The number of nitro groups is 1. The van der Waals surface area contributed by atoms with Gasteiger partial charge in [-0.1, -0.05) is 0 Å². The summed E-state index contributed by atoms with van der Waals surface area (Å²) in [6.07, 6.45) is 0.745. The highest BCUT2D eigenvalue weighted by atomic mass is 32.2. The second-order valence-electron chi connectivity index (χ2n) is 8.01. The molecule has 2 rings (SSSR count). The highest BCUT2D eigenvalue weighted by Gasteiger charge is 2.32. The Balaban J connectivity index is 2.62. The molecule has 1 heterocycles. The van der Waals surface area contributed by atoms with Crippen molar-refractivity contribution in [2.45, 2.75) is 38.5 Å². The van der Waals surface area contributed by atoms with Crippen LogP contribution in [0.15, 0.2) is 23.4 Å². The molecular formula is C21H22N4O10S. The molecule has 15 heteroatoms. The summed E-state index contributed by atoms with van der Waals surface area (Å²) in [5.41, 5.74) is -2.15. The molecule has 0 spiro atoms. The normalized spacial score (nSPS) is 11.2. The monoisotopic (exact) mass is 522 g/mol. The first kappa shape index (κ1) is 27.9. The number of aromatic nitrogens is 2. The third-order valence-corrected chi connectivity index (χ3v) is 4.74. The van der Waals surface area contributed by atoms with Crippen LogP contribution in [0.1, 0.15) is 43.6 Å². The van der Waals surface area contributed by atoms with Crippen LogP contribution in [0.2, 0.25) is 0 Å². The van der Waals surface area contributed by atoms with Crippen molar-refractivity contribution in [2.24, 2.45) is 0 Å². The van der Waals surface area contributed by atoms with Crippen molar-refractivity contribution in [3.05, 3.63) is 39.4 Å². The van der Waals surface area contributed by atoms with Gasteiger partial charge in [-0.3, -0.25) is 10.1 Å². The maximum Gasteiger partial charge on any atom is 0.392 e. The molecule has 0 radical (unpaired) electrons. The van der Waals surface area contributed by atoms with Crippen molar-refractivity contribution in [1.82, 2.24) is 9.97 Å². The van der Waals surface area contributed by atoms with Gasteiger partial charge in [0.2, 0.25) is 9.84 Å². The summed E-state index contributed by atoms with van der Waals surface area (Å²) in [4.78, 5) is 42.1. The number of sulfone groups is 1. The molecule has 0 atom stereocenters. The predicted octanol–water partition coefficient (Wildman–Crippen LogP) is 2.35. The Labute approximate surface area is 205 Å². The van der Waals surface area contributed by atoms with Crippen LogP contribution in [-0.2, 0) is 24.1 Å². The third-order valence-electron chi connectivity index (χ3n) is 3.89. The van der Waals surface area contributed by atoms with Crippen LogP contribution >= 0.6 is 0 Å². The Morgan fingerprint density at radius 2 is 1.83 bits per heavy atom. The van der Waals surface area contributed by atoms with E-state index in [9.17, 15) is 33.4 Å². The molecule has 0 fully saturated rings. The van der Waals surface area contributed by atoms with E-state index in [2.05, 4.69) is 14.7 Å². The zero-order chi connectivity index (χ0) is 27.3. The van der Waals surface area contributed by atoms with Crippen LogP contribution in [0.5, 0.6) is 17.5 Å². The fourth-order valence-corrected chi connectivity index (χ4v) is 3.02. The van der Waals surface area contributed by atoms with E-state index < -0.39 is 61.5 Å². The summed E-state index contributed by atoms with van der Waals surface area (Å²) >= 11 is 0. The van der Waals surface area contributed by atoms with Crippen LogP contribution in [-0.4, -0.2) is 60.3 Å². The molecule has 192 valence electrons. The molecule has 0 N–H and O–H groups in total. The van der Waals surface area contributed by atoms with Crippen molar-refractivity contribution < 1.29 is 41.9 Å². The van der Waals surface area contributed by atoms with Gasteiger partial charge >= 0.3 is 29.4 Å². The van der Waals surface area contributed by atoms with Gasteiger partial charge < -0.3 is 18.9 Å². The van der Waals surface area contributed by atoms with Crippen LogP contribution in [0.25, 0.3) is 0 Å². The van der Waals surface area contributed by atoms with Crippen molar-refractivity contribution in [2.75, 3.05) is 19.5 Å². The lowest BCUT2D eigenvalue weighted by molar-refractivity contribution is -0.387. The largest absolute Gasteiger partial charge is 0.463 e. The number of hydrogen-bond acceptors (Lipinski definition) is 13. The van der Waals surface area contributed by atoms with E-state index in [1.807, 2.05) is 6.07 Å². The van der Waals surface area contributed by atoms with Crippen molar-refractivity contribution in [3.63, 3.8) is 0 Å². The third kappa shape index (κ3) is 7.34. The van der Waals surface area contributed by atoms with E-state index >= 15 is 0 Å². The van der Waals surface area contributed by atoms with Crippen LogP contribution in [0, 0.1) is 21.4 Å². The number of rotatable bonds is 9. The molecule has 0 saturated heterocycles. The summed E-state index contributed by atoms with van der Waals surface area (Å²) < 4.78 is 44.6. The van der Waals surface area contributed by atoms with E-state index in [1.54, 1.807) is 20.8 Å². The quantitative estimate of drug-likeness (QED) is 0.201. The maximum absolute atomic E-state index is 12.6. The van der Waals surface area contributed by atoms with E-state index in [0.29, 0.717) is 0 Å². The van der Waals surface area contributed by atoms with Gasteiger partial charge in [0.15, 0.2) is 6.61 Å². The van der Waals surface area contributed by atoms with Gasteiger partial charge in [-0.25, -0.2) is 18.0 Å². The highest BCUT2D eigenvalue weighted by molar-refractivity contribution is 7.90. The topological polar surface area (TPSA) is 198 Å². The number of carbonyl (C=O) groups excluding carboxylic acids is 2. The maximum atomic E-state index is 12.6. The molecule has 14 nitrogen and oxygen atoms in total. The molecule has 0 unspecified atom stereocenters. The summed E-state index contributed by atoms with van der Waals surface area (Å²) in [7, 11) is -4.12. The molecule has 0 saturated carbocycles. The molecular weight excluding hydrogens is 500 g/mol. The summed E-state index contributed by atoms with van der Waals surface area (Å²) in [5, 5.41) is 20.2. The van der Waals surface area contributed by atoms with Gasteiger partial charge in [0, 0.05) is 6.26 Å². The van der Waals surface area contributed by atoms with Gasteiger partial charge in [-0.15, -0.1) is 0 Å². The average molecular weight is 522 g/mol. The van der Waals surface area contributed by atoms with Crippen molar-refractivity contribution in [3.8, 4) is 23.6 Å². The van der Waals surface area contributed by atoms with E-state index in [-0.39, 0.29) is 23.5 Å². The van der Waals surface area contributed by atoms with Gasteiger partial charge in [-0.05, 0) is 45.9 Å². The van der Waals surface area contributed by atoms with Crippen molar-refractivity contribution >= 4 is 27.5 Å². The lowest BCUT2D eigenvalue weighted by Gasteiger charge is -2.20. The van der Waals surface area contributed by atoms with Crippen molar-refractivity contribution in [1.29, 1.82) is 5.26 Å². The second kappa shape index (κ2) is 11.0. The molecule has 0 aliphatic rings. The number of nitriles is 1. The fraction of sp³-hybridized carbons (Fsp3) is 0.381. The number of esters is 2. The fourth-order valence-electron chi connectivity index (χ4n) is 2.52. The first-order chi connectivity index (χ1) is 16.7. The number of ether oxygens (including phenoxy) is 4. The Morgan fingerprint density at radius 1 is 1.19 bits per heavy atom. The molecule has 0 bridgehead atoms. The van der Waals surface area contributed by atoms with Gasteiger partial charge in [0.05, 0.1) is 22.7 Å². The SMILES string of the molecule is CCOC(=O)COc1nc(S(C)(=O)=O)nc(Oc2ccc(C#N)c(C(=O)OC(C)(C)C)c2)c1[N+](=O)[O-]. The lowest BCUT2D eigenvalue weighted by Crippen LogP contribution is -2.24. The van der Waals surface area contributed by atoms with E-state index in [1.165, 1.54) is 19.1 Å². The summed E-state index contributed by atoms with van der Waals surface area (Å²) in [6, 6.07) is 5.32. The zero-order valence-corrected chi connectivity index (χ0v) is 20.7. The molecule has 1 aromatic carbocycles. The van der Waals surface area contributed by atoms with Gasteiger partial charge in [0.25, 0.3) is 5.16 Å². The number of benzene rings is 1. The number of carbonyl (C=O) groups is 2. The van der Waals surface area contributed by atoms with Gasteiger partial charge in [-0.2, -0.15) is 15.2 Å². The second-order valence-corrected chi connectivity index (χ2v) is 9.92. The molecule has 0 aliphatic carbocycles. The van der Waals surface area contributed by atoms with Crippen LogP contribution < -0.4 is 9.47 Å². The molecule has 0 amide bonds. The predicted molar refractivity (Wildman–Crippen MR) is 120 cm³/mol. The lowest BCUT2D eigenvalue weighted by atomic mass is 10.1. The Hall–Kier alpha value is -4.32. The summed E-state index contributed by atoms with van der Waals surface area (Å²) in [6.45, 7) is 5.58. The minimum Gasteiger partial charge on any atom is -0.463 e. The average Bonchev–Trinajstić information content (AvgIpc) is 2.75. The van der Waals surface area contributed by atoms with E-state index in [0.717, 1.165) is 12.3 Å². The van der Waals surface area contributed by atoms with Crippen LogP contribution in [0.4, 0.5) is 5.69 Å². The zero-order valence-electron chi connectivity index (χ0n) is 19.9. The van der Waals surface area contributed by atoms with Gasteiger partial charge in [0.1, 0.15) is 17.4 Å². The number of hydrogen-bond donors (Lipinski definition) is 0. The highest BCUT2D eigenvalue weighted by Crippen LogP contribution is 2.37. The standard InChI is InChI=1S/C21H22N4O10S/c1-6-32-15(26)11-33-17-16(25(28)29)18(24-20(23-17)36(5,30)31)34-13-8-7-12(10-22)14(9-13)19(27)35-21(2,3)4/h7-9H,6,11H2,1-5H3.